The quantitative estimate of drug-likeness (QED) is 0.667. The fraction of sp³-hybridized carbons (Fsp3) is 0.529. The summed E-state index contributed by atoms with van der Waals surface area (Å²) in [4.78, 5) is 25.9. The Kier molecular flexibility index (Phi) is 4.77. The van der Waals surface area contributed by atoms with Gasteiger partial charge < -0.3 is 21.1 Å². The van der Waals surface area contributed by atoms with Gasteiger partial charge in [0, 0.05) is 44.2 Å². The van der Waals surface area contributed by atoms with Gasteiger partial charge in [0.25, 0.3) is 5.91 Å². The Balaban J connectivity index is 1.97. The van der Waals surface area contributed by atoms with Crippen LogP contribution < -0.4 is 20.4 Å². The molecule has 3 atom stereocenters. The summed E-state index contributed by atoms with van der Waals surface area (Å²) in [5, 5.41) is 13.7. The van der Waals surface area contributed by atoms with Crippen molar-refractivity contribution in [3.8, 4) is 0 Å². The van der Waals surface area contributed by atoms with Crippen LogP contribution in [0.2, 0.25) is 0 Å². The van der Waals surface area contributed by atoms with E-state index in [1.807, 2.05) is 11.8 Å². The number of rotatable bonds is 4. The van der Waals surface area contributed by atoms with Crippen LogP contribution in [0.25, 0.3) is 0 Å². The first-order valence-electron chi connectivity index (χ1n) is 8.50. The predicted molar refractivity (Wildman–Crippen MR) is 92.2 cm³/mol. The van der Waals surface area contributed by atoms with Crippen molar-refractivity contribution in [3.63, 3.8) is 0 Å². The molecule has 2 saturated heterocycles. The van der Waals surface area contributed by atoms with E-state index in [1.165, 1.54) is 6.07 Å². The van der Waals surface area contributed by atoms with Crippen molar-refractivity contribution in [1.82, 2.24) is 9.80 Å². The number of carbonyl (C=O) groups excluding carboxylic acids is 2. The van der Waals surface area contributed by atoms with Gasteiger partial charge in [-0.2, -0.15) is 4.48 Å². The first-order valence-corrected chi connectivity index (χ1v) is 8.50. The van der Waals surface area contributed by atoms with Gasteiger partial charge in [-0.15, -0.1) is 0 Å². The number of nitrogens with two attached hydrogens (primary N) is 1. The highest BCUT2D eigenvalue weighted by Crippen LogP contribution is 2.36. The number of nitrogens with zero attached hydrogens (tertiary/aromatic N) is 2. The van der Waals surface area contributed by atoms with E-state index in [2.05, 4.69) is 5.32 Å². The zero-order valence-electron chi connectivity index (χ0n) is 14.2. The van der Waals surface area contributed by atoms with E-state index in [9.17, 15) is 19.1 Å². The van der Waals surface area contributed by atoms with Crippen molar-refractivity contribution in [2.24, 2.45) is 5.73 Å². The zero-order valence-corrected chi connectivity index (χ0v) is 14.2. The van der Waals surface area contributed by atoms with Gasteiger partial charge in [0.2, 0.25) is 6.23 Å². The van der Waals surface area contributed by atoms with Crippen LogP contribution in [0.4, 0.5) is 15.8 Å². The maximum absolute atomic E-state index is 14.8. The second kappa shape index (κ2) is 6.70. The van der Waals surface area contributed by atoms with E-state index >= 15 is 0 Å². The molecule has 4 N–H and O–H groups in total. The van der Waals surface area contributed by atoms with E-state index < -0.39 is 22.4 Å². The van der Waals surface area contributed by atoms with E-state index in [0.717, 1.165) is 6.54 Å². The van der Waals surface area contributed by atoms with E-state index in [-0.39, 0.29) is 37.0 Å². The van der Waals surface area contributed by atoms with E-state index in [4.69, 9.17) is 5.73 Å². The zero-order chi connectivity index (χ0) is 18.2. The first kappa shape index (κ1) is 17.8. The number of nitrogens with one attached hydrogen (secondary N) is 1. The number of carbonyl (C=O) groups is 2. The molecule has 0 aliphatic carbocycles. The monoisotopic (exact) mass is 351 g/mol. The lowest BCUT2D eigenvalue weighted by atomic mass is 10.1. The Bertz CT molecular complexity index is 698. The maximum Gasteiger partial charge on any atom is 0.321 e. The van der Waals surface area contributed by atoms with Crippen molar-refractivity contribution in [1.29, 1.82) is 0 Å². The van der Waals surface area contributed by atoms with Gasteiger partial charge in [-0.05, 0) is 13.0 Å². The summed E-state index contributed by atoms with van der Waals surface area (Å²) in [6.45, 7) is 3.79. The molecule has 2 aliphatic rings. The number of aliphatic hydroxyl groups excluding tert-OH is 1. The molecule has 1 aromatic carbocycles. The highest BCUT2D eigenvalue weighted by atomic mass is 19.1. The first-order chi connectivity index (χ1) is 11.8. The predicted octanol–water partition coefficient (Wildman–Crippen LogP) is 0.0552. The summed E-state index contributed by atoms with van der Waals surface area (Å²) in [6, 6.07) is 4.72. The van der Waals surface area contributed by atoms with E-state index in [1.54, 1.807) is 12.1 Å². The highest BCUT2D eigenvalue weighted by molar-refractivity contribution is 5.96. The van der Waals surface area contributed by atoms with Crippen LogP contribution in [-0.4, -0.2) is 55.4 Å². The van der Waals surface area contributed by atoms with Crippen molar-refractivity contribution in [2.75, 3.05) is 31.1 Å². The van der Waals surface area contributed by atoms with Crippen LogP contribution in [0, 0.1) is 5.82 Å². The second-order valence-electron chi connectivity index (χ2n) is 6.84. The Morgan fingerprint density at radius 3 is 2.84 bits per heavy atom. The lowest BCUT2D eigenvalue weighted by molar-refractivity contribution is -0.136. The van der Waals surface area contributed by atoms with Gasteiger partial charge in [-0.25, -0.2) is 9.18 Å². The molecule has 0 aromatic heterocycles. The number of likely N-dealkylation sites (tertiary alicyclic amines) is 1. The van der Waals surface area contributed by atoms with Gasteiger partial charge in [-0.1, -0.05) is 0 Å². The molecule has 8 heteroatoms. The Morgan fingerprint density at radius 1 is 1.52 bits per heavy atom. The molecule has 2 aliphatic heterocycles. The molecule has 7 nitrogen and oxygen atoms in total. The number of piperazine rings is 1. The fourth-order valence-corrected chi connectivity index (χ4v) is 3.84. The minimum Gasteiger partial charge on any atom is -0.366 e. The molecule has 3 unspecified atom stereocenters. The Hall–Kier alpha value is -2.03. The third kappa shape index (κ3) is 3.12. The number of amides is 2. The number of halogens is 1. The van der Waals surface area contributed by atoms with Gasteiger partial charge in [-0.3, -0.25) is 4.79 Å². The molecule has 1 aromatic rings. The van der Waals surface area contributed by atoms with Crippen molar-refractivity contribution in [2.45, 2.75) is 32.0 Å². The number of primary amides is 1. The molecule has 0 spiro atoms. The van der Waals surface area contributed by atoms with Crippen molar-refractivity contribution < 1.29 is 19.1 Å². The number of quaternary nitrogens is 1. The van der Waals surface area contributed by atoms with Crippen molar-refractivity contribution >= 4 is 23.2 Å². The smallest absolute Gasteiger partial charge is 0.321 e. The molecular formula is C17H24FN4O3+. The minimum atomic E-state index is -1.09. The average Bonchev–Trinajstić information content (AvgIpc) is 2.83. The molecule has 3 rings (SSSR count). The topological polar surface area (TPSA) is 95.7 Å². The number of hydrogen-bond donors (Lipinski definition) is 3. The Labute approximate surface area is 145 Å². The van der Waals surface area contributed by atoms with Crippen LogP contribution in [0.5, 0.6) is 0 Å². The van der Waals surface area contributed by atoms with Crippen LogP contribution >= 0.6 is 0 Å². The fourth-order valence-electron chi connectivity index (χ4n) is 3.84. The molecule has 0 radical (unpaired) electrons. The largest absolute Gasteiger partial charge is 0.366 e. The number of aliphatic hydroxyl groups is 1. The number of benzene rings is 1. The number of hydrogen-bond acceptors (Lipinski definition) is 5. The van der Waals surface area contributed by atoms with Gasteiger partial charge in [0.15, 0.2) is 12.4 Å². The third-order valence-electron chi connectivity index (χ3n) is 5.08. The summed E-state index contributed by atoms with van der Waals surface area (Å²) in [5.74, 6) is -1.51. The second-order valence-corrected chi connectivity index (χ2v) is 6.84. The molecule has 0 saturated carbocycles. The normalized spacial score (nSPS) is 29.9. The molecule has 0 bridgehead atoms. The molecule has 2 fully saturated rings. The molecule has 136 valence electrons. The van der Waals surface area contributed by atoms with Gasteiger partial charge in [0.1, 0.15) is 5.69 Å². The molecule has 25 heavy (non-hydrogen) atoms. The molecule has 2 heterocycles. The standard InChI is InChI=1S/C17H23FN4O3/c1-11-9-21(7-6-20-11)14-3-2-12(8-13(14)18)22(10-15(19)23)16(24)4-5-17(22)25/h2-3,8,11,16,20,24H,4-7,9-10H2,1H3,(H-,19,23)/p+1. The summed E-state index contributed by atoms with van der Waals surface area (Å²) in [7, 11) is 0. The van der Waals surface area contributed by atoms with Gasteiger partial charge >= 0.3 is 5.91 Å². The third-order valence-corrected chi connectivity index (χ3v) is 5.08. The lowest BCUT2D eigenvalue weighted by Gasteiger charge is -2.35. The van der Waals surface area contributed by atoms with Gasteiger partial charge in [0.05, 0.1) is 12.1 Å². The summed E-state index contributed by atoms with van der Waals surface area (Å²) >= 11 is 0. The summed E-state index contributed by atoms with van der Waals surface area (Å²) < 4.78 is 14.2. The number of anilines is 1. The van der Waals surface area contributed by atoms with Crippen LogP contribution in [0.3, 0.4) is 0 Å². The average molecular weight is 351 g/mol. The van der Waals surface area contributed by atoms with E-state index in [0.29, 0.717) is 18.8 Å². The lowest BCUT2D eigenvalue weighted by Crippen LogP contribution is -2.60. The SMILES string of the molecule is CC1CN(c2ccc([N+]3(CC(N)=O)C(=O)CCC3O)cc2F)CCN1. The maximum atomic E-state index is 14.8. The summed E-state index contributed by atoms with van der Waals surface area (Å²) in [5.41, 5.74) is 6.01. The minimum absolute atomic E-state index is 0.132. The highest BCUT2D eigenvalue weighted by Gasteiger charge is 2.52. The van der Waals surface area contributed by atoms with Crippen LogP contribution in [0.15, 0.2) is 18.2 Å². The van der Waals surface area contributed by atoms with Crippen LogP contribution in [0.1, 0.15) is 19.8 Å². The molecule has 2 amide bonds. The van der Waals surface area contributed by atoms with Crippen LogP contribution in [-0.2, 0) is 9.59 Å². The molecular weight excluding hydrogens is 327 g/mol. The van der Waals surface area contributed by atoms with Crippen molar-refractivity contribution in [3.05, 3.63) is 24.0 Å². The Morgan fingerprint density at radius 2 is 2.28 bits per heavy atom. The summed E-state index contributed by atoms with van der Waals surface area (Å²) in [6.07, 6.45) is -0.734.